The zero-order valence-corrected chi connectivity index (χ0v) is 12.1. The fourth-order valence-electron chi connectivity index (χ4n) is 2.08. The number of allylic oxidation sites excluding steroid dienone is 5. The van der Waals surface area contributed by atoms with Crippen LogP contribution in [-0.4, -0.2) is 5.11 Å². The molecule has 0 amide bonds. The van der Waals surface area contributed by atoms with Gasteiger partial charge in [-0.15, -0.1) is 0 Å². The molecule has 20 heavy (non-hydrogen) atoms. The van der Waals surface area contributed by atoms with E-state index in [1.807, 2.05) is 37.3 Å². The van der Waals surface area contributed by atoms with Gasteiger partial charge in [0.1, 0.15) is 11.3 Å². The molecule has 0 spiro atoms. The van der Waals surface area contributed by atoms with Crippen LogP contribution in [0.2, 0.25) is 0 Å². The Balaban J connectivity index is 2.19. The van der Waals surface area contributed by atoms with Gasteiger partial charge in [-0.1, -0.05) is 49.4 Å². The molecule has 0 saturated heterocycles. The summed E-state index contributed by atoms with van der Waals surface area (Å²) in [5.74, 6) is 1.54. The Morgan fingerprint density at radius 2 is 2.00 bits per heavy atom. The number of aliphatic hydroxyl groups excluding tert-OH is 1. The van der Waals surface area contributed by atoms with Crippen molar-refractivity contribution in [1.29, 1.82) is 0 Å². The van der Waals surface area contributed by atoms with Gasteiger partial charge in [-0.25, -0.2) is 0 Å². The quantitative estimate of drug-likeness (QED) is 0.594. The van der Waals surface area contributed by atoms with Gasteiger partial charge in [-0.05, 0) is 31.9 Å². The van der Waals surface area contributed by atoms with E-state index in [9.17, 15) is 0 Å². The highest BCUT2D eigenvalue weighted by Gasteiger charge is 2.07. The Kier molecular flexibility index (Phi) is 4.46. The highest BCUT2D eigenvalue weighted by atomic mass is 16.3. The topological polar surface area (TPSA) is 33.4 Å². The Morgan fingerprint density at radius 1 is 1.25 bits per heavy atom. The Bertz CT molecular complexity index is 668. The molecule has 0 fully saturated rings. The van der Waals surface area contributed by atoms with Crippen molar-refractivity contribution in [2.24, 2.45) is 5.92 Å². The zero-order valence-electron chi connectivity index (χ0n) is 12.1. The summed E-state index contributed by atoms with van der Waals surface area (Å²) in [6.07, 6.45) is 9.81. The third-order valence-electron chi connectivity index (χ3n) is 3.14. The van der Waals surface area contributed by atoms with Crippen LogP contribution in [0, 0.1) is 12.8 Å². The molecule has 1 aromatic heterocycles. The number of rotatable bonds is 4. The van der Waals surface area contributed by atoms with E-state index in [1.54, 1.807) is 13.0 Å². The third kappa shape index (κ3) is 3.41. The predicted molar refractivity (Wildman–Crippen MR) is 84.7 cm³/mol. The molecule has 1 unspecified atom stereocenters. The summed E-state index contributed by atoms with van der Waals surface area (Å²) in [7, 11) is 0. The molecule has 1 heterocycles. The fraction of sp³-hybridized carbons (Fsp3) is 0.222. The minimum atomic E-state index is 0.290. The van der Waals surface area contributed by atoms with Crippen LogP contribution in [0.3, 0.4) is 0 Å². The summed E-state index contributed by atoms with van der Waals surface area (Å²) in [6.45, 7) is 5.75. The molecule has 1 N–H and O–H groups in total. The average Bonchev–Trinajstić information content (AvgIpc) is 2.71. The van der Waals surface area contributed by atoms with Gasteiger partial charge >= 0.3 is 0 Å². The van der Waals surface area contributed by atoms with Gasteiger partial charge in [0.25, 0.3) is 0 Å². The molecule has 0 aliphatic rings. The molecule has 2 rings (SSSR count). The average molecular weight is 268 g/mol. The minimum Gasteiger partial charge on any atom is -0.513 e. The van der Waals surface area contributed by atoms with E-state index in [2.05, 4.69) is 25.1 Å². The van der Waals surface area contributed by atoms with E-state index in [1.165, 1.54) is 0 Å². The van der Waals surface area contributed by atoms with Gasteiger partial charge in [0.2, 0.25) is 0 Å². The Morgan fingerprint density at radius 3 is 2.75 bits per heavy atom. The Labute approximate surface area is 119 Å². The van der Waals surface area contributed by atoms with Crippen molar-refractivity contribution in [2.45, 2.75) is 20.8 Å². The van der Waals surface area contributed by atoms with E-state index in [0.717, 1.165) is 22.3 Å². The fourth-order valence-corrected chi connectivity index (χ4v) is 2.08. The first-order chi connectivity index (χ1) is 9.58. The van der Waals surface area contributed by atoms with E-state index in [0.29, 0.717) is 11.7 Å². The smallest absolute Gasteiger partial charge is 0.134 e. The zero-order chi connectivity index (χ0) is 14.5. The Hall–Kier alpha value is -2.22. The SMILES string of the molecule is C/C(O)=C\C=C/C(C)/C=C\c1c(C)oc2ccccc12. The molecule has 0 bridgehead atoms. The van der Waals surface area contributed by atoms with Crippen LogP contribution in [0.4, 0.5) is 0 Å². The predicted octanol–water partition coefficient (Wildman–Crippen LogP) is 5.41. The first-order valence-electron chi connectivity index (χ1n) is 6.78. The number of furan rings is 1. The minimum absolute atomic E-state index is 0.290. The molecule has 104 valence electrons. The van der Waals surface area contributed by atoms with E-state index in [4.69, 9.17) is 9.52 Å². The van der Waals surface area contributed by atoms with E-state index >= 15 is 0 Å². The van der Waals surface area contributed by atoms with Crippen molar-refractivity contribution in [2.75, 3.05) is 0 Å². The first-order valence-corrected chi connectivity index (χ1v) is 6.78. The highest BCUT2D eigenvalue weighted by molar-refractivity contribution is 5.88. The number of benzene rings is 1. The molecule has 2 nitrogen and oxygen atoms in total. The summed E-state index contributed by atoms with van der Waals surface area (Å²) in [5, 5.41) is 10.2. The van der Waals surface area contributed by atoms with Crippen LogP contribution in [0.5, 0.6) is 0 Å². The maximum Gasteiger partial charge on any atom is 0.134 e. The molecule has 0 radical (unpaired) electrons. The molecule has 2 aromatic rings. The van der Waals surface area contributed by atoms with Gasteiger partial charge in [-0.2, -0.15) is 0 Å². The largest absolute Gasteiger partial charge is 0.513 e. The second-order valence-electron chi connectivity index (χ2n) is 4.98. The van der Waals surface area contributed by atoms with Gasteiger partial charge < -0.3 is 9.52 Å². The van der Waals surface area contributed by atoms with Crippen molar-refractivity contribution in [3.05, 3.63) is 65.7 Å². The van der Waals surface area contributed by atoms with Crippen LogP contribution in [0.1, 0.15) is 25.2 Å². The normalized spacial score (nSPS) is 14.7. The summed E-state index contributed by atoms with van der Waals surface area (Å²) in [6, 6.07) is 8.06. The van der Waals surface area contributed by atoms with Gasteiger partial charge in [-0.3, -0.25) is 0 Å². The number of aliphatic hydroxyl groups is 1. The molecular formula is C18H20O2. The molecular weight excluding hydrogens is 248 g/mol. The lowest BCUT2D eigenvalue weighted by atomic mass is 10.1. The van der Waals surface area contributed by atoms with Crippen molar-refractivity contribution >= 4 is 17.0 Å². The second kappa shape index (κ2) is 6.29. The number of aryl methyl sites for hydroxylation is 1. The van der Waals surface area contributed by atoms with Gasteiger partial charge in [0.05, 0.1) is 5.76 Å². The monoisotopic (exact) mass is 268 g/mol. The standard InChI is InChI=1S/C18H20O2/c1-13(7-6-8-14(2)19)11-12-16-15(3)20-18-10-5-4-9-17(16)18/h4-13,19H,1-3H3/b7-6-,12-11-,14-8+. The van der Waals surface area contributed by atoms with Crippen LogP contribution >= 0.6 is 0 Å². The number of fused-ring (bicyclic) bond motifs is 1. The lowest BCUT2D eigenvalue weighted by Crippen LogP contribution is -1.82. The van der Waals surface area contributed by atoms with Crippen LogP contribution in [0.25, 0.3) is 17.0 Å². The summed E-state index contributed by atoms with van der Waals surface area (Å²) in [4.78, 5) is 0. The van der Waals surface area contributed by atoms with Crippen LogP contribution < -0.4 is 0 Å². The van der Waals surface area contributed by atoms with Crippen molar-refractivity contribution in [3.8, 4) is 0 Å². The van der Waals surface area contributed by atoms with E-state index < -0.39 is 0 Å². The molecule has 1 atom stereocenters. The van der Waals surface area contributed by atoms with Crippen LogP contribution in [0.15, 0.2) is 58.7 Å². The van der Waals surface area contributed by atoms with E-state index in [-0.39, 0.29) is 0 Å². The summed E-state index contributed by atoms with van der Waals surface area (Å²) in [5.41, 5.74) is 2.06. The summed E-state index contributed by atoms with van der Waals surface area (Å²) < 4.78 is 5.73. The van der Waals surface area contributed by atoms with Crippen LogP contribution in [-0.2, 0) is 0 Å². The molecule has 0 saturated carbocycles. The molecule has 2 heteroatoms. The highest BCUT2D eigenvalue weighted by Crippen LogP contribution is 2.26. The van der Waals surface area contributed by atoms with Gasteiger partial charge in [0, 0.05) is 10.9 Å². The van der Waals surface area contributed by atoms with Gasteiger partial charge in [0.15, 0.2) is 0 Å². The molecule has 0 aliphatic heterocycles. The summed E-state index contributed by atoms with van der Waals surface area (Å²) >= 11 is 0. The number of hydrogen-bond donors (Lipinski definition) is 1. The molecule has 0 aliphatic carbocycles. The maximum absolute atomic E-state index is 9.08. The molecule has 1 aromatic carbocycles. The lowest BCUT2D eigenvalue weighted by molar-refractivity contribution is 0.414. The maximum atomic E-state index is 9.08. The number of para-hydroxylation sites is 1. The third-order valence-corrected chi connectivity index (χ3v) is 3.14. The van der Waals surface area contributed by atoms with Crippen molar-refractivity contribution < 1.29 is 9.52 Å². The first kappa shape index (κ1) is 14.2. The van der Waals surface area contributed by atoms with Crippen molar-refractivity contribution in [1.82, 2.24) is 0 Å². The van der Waals surface area contributed by atoms with Crippen molar-refractivity contribution in [3.63, 3.8) is 0 Å². The lowest BCUT2D eigenvalue weighted by Gasteiger charge is -1.97. The second-order valence-corrected chi connectivity index (χ2v) is 4.98. The number of hydrogen-bond acceptors (Lipinski definition) is 2.